The Bertz CT molecular complexity index is 598. The van der Waals surface area contributed by atoms with Crippen LogP contribution in [-0.4, -0.2) is 4.98 Å². The van der Waals surface area contributed by atoms with Gasteiger partial charge in [-0.25, -0.2) is 0 Å². The van der Waals surface area contributed by atoms with Crippen molar-refractivity contribution >= 4 is 0 Å². The first-order chi connectivity index (χ1) is 8.66. The summed E-state index contributed by atoms with van der Waals surface area (Å²) < 4.78 is 5.43. The molecule has 2 aromatic rings. The number of pyridine rings is 1. The van der Waals surface area contributed by atoms with Crippen LogP contribution < -0.4 is 0 Å². The molecule has 18 heavy (non-hydrogen) atoms. The maximum Gasteiger partial charge on any atom is 0.152 e. The second-order valence-corrected chi connectivity index (χ2v) is 6.26. The fourth-order valence-electron chi connectivity index (χ4n) is 3.71. The van der Waals surface area contributed by atoms with Crippen molar-refractivity contribution in [1.82, 2.24) is 4.98 Å². The van der Waals surface area contributed by atoms with Gasteiger partial charge in [0, 0.05) is 6.20 Å². The molecule has 2 atom stereocenters. The van der Waals surface area contributed by atoms with Crippen LogP contribution in [0.15, 0.2) is 35.1 Å². The van der Waals surface area contributed by atoms with Crippen LogP contribution in [0.4, 0.5) is 0 Å². The Morgan fingerprint density at radius 2 is 2.28 bits per heavy atom. The molecule has 5 rings (SSSR count). The molecule has 0 unspecified atom stereocenters. The highest BCUT2D eigenvalue weighted by Crippen LogP contribution is 2.62. The van der Waals surface area contributed by atoms with Gasteiger partial charge in [-0.1, -0.05) is 13.8 Å². The summed E-state index contributed by atoms with van der Waals surface area (Å²) in [4.78, 5) is 4.58. The van der Waals surface area contributed by atoms with E-state index in [1.807, 2.05) is 12.1 Å². The highest BCUT2D eigenvalue weighted by Gasteiger charge is 2.52. The highest BCUT2D eigenvalue weighted by molar-refractivity contribution is 5.55. The molecule has 2 nitrogen and oxygen atoms in total. The first-order valence-electron chi connectivity index (χ1n) is 6.69. The van der Waals surface area contributed by atoms with Gasteiger partial charge in [0.2, 0.25) is 0 Å². The third-order valence-electron chi connectivity index (χ3n) is 5.11. The van der Waals surface area contributed by atoms with Crippen LogP contribution in [0, 0.1) is 11.3 Å². The van der Waals surface area contributed by atoms with Crippen LogP contribution in [0.3, 0.4) is 0 Å². The molecule has 0 amide bonds. The predicted octanol–water partition coefficient (Wildman–Crippen LogP) is 4.03. The Balaban J connectivity index is 1.79. The van der Waals surface area contributed by atoms with Gasteiger partial charge in [-0.15, -0.1) is 0 Å². The van der Waals surface area contributed by atoms with Crippen molar-refractivity contribution in [2.75, 3.05) is 0 Å². The van der Waals surface area contributed by atoms with Crippen LogP contribution >= 0.6 is 0 Å². The molecule has 2 bridgehead atoms. The van der Waals surface area contributed by atoms with Gasteiger partial charge in [0.25, 0.3) is 0 Å². The normalized spacial score (nSPS) is 27.4. The van der Waals surface area contributed by atoms with Crippen LogP contribution in [0.2, 0.25) is 0 Å². The lowest BCUT2D eigenvalue weighted by Crippen LogP contribution is -2.48. The molecular formula is C16H17NO. The molecule has 3 aliphatic rings. The van der Waals surface area contributed by atoms with Crippen LogP contribution in [0.1, 0.15) is 37.3 Å². The predicted molar refractivity (Wildman–Crippen MR) is 70.3 cm³/mol. The van der Waals surface area contributed by atoms with E-state index in [9.17, 15) is 0 Å². The SMILES string of the molecule is CC1(C)[C@@H]2Cc3cc(-c4ccco4)ncc3[C@H]1C2. The maximum absolute atomic E-state index is 5.43. The van der Waals surface area contributed by atoms with E-state index in [1.165, 1.54) is 24.0 Å². The van der Waals surface area contributed by atoms with Gasteiger partial charge in [-0.2, -0.15) is 0 Å². The second-order valence-electron chi connectivity index (χ2n) is 6.26. The van der Waals surface area contributed by atoms with Crippen molar-refractivity contribution in [1.29, 1.82) is 0 Å². The summed E-state index contributed by atoms with van der Waals surface area (Å²) in [5, 5.41) is 0. The van der Waals surface area contributed by atoms with E-state index in [4.69, 9.17) is 4.42 Å². The number of hydrogen-bond acceptors (Lipinski definition) is 2. The van der Waals surface area contributed by atoms with E-state index < -0.39 is 0 Å². The number of hydrogen-bond donors (Lipinski definition) is 0. The average Bonchev–Trinajstić information content (AvgIpc) is 2.91. The first kappa shape index (κ1) is 10.4. The molecule has 0 N–H and O–H groups in total. The zero-order chi connectivity index (χ0) is 12.3. The molecule has 0 spiro atoms. The minimum atomic E-state index is 0.473. The number of aromatic nitrogens is 1. The fraction of sp³-hybridized carbons (Fsp3) is 0.438. The smallest absolute Gasteiger partial charge is 0.152 e. The molecule has 0 radical (unpaired) electrons. The van der Waals surface area contributed by atoms with E-state index in [0.29, 0.717) is 11.3 Å². The molecule has 0 aromatic carbocycles. The molecule has 0 saturated heterocycles. The van der Waals surface area contributed by atoms with E-state index in [-0.39, 0.29) is 0 Å². The number of rotatable bonds is 1. The van der Waals surface area contributed by atoms with Gasteiger partial charge in [0.15, 0.2) is 5.76 Å². The van der Waals surface area contributed by atoms with Gasteiger partial charge in [0.05, 0.1) is 6.26 Å². The van der Waals surface area contributed by atoms with Crippen LogP contribution in [-0.2, 0) is 6.42 Å². The van der Waals surface area contributed by atoms with Crippen molar-refractivity contribution in [2.45, 2.75) is 32.6 Å². The summed E-state index contributed by atoms with van der Waals surface area (Å²) in [5.74, 6) is 2.43. The third kappa shape index (κ3) is 1.21. The maximum atomic E-state index is 5.43. The molecule has 1 saturated carbocycles. The van der Waals surface area contributed by atoms with Gasteiger partial charge in [0.1, 0.15) is 5.69 Å². The van der Waals surface area contributed by atoms with Gasteiger partial charge < -0.3 is 4.42 Å². The molecule has 2 heteroatoms. The van der Waals surface area contributed by atoms with Crippen molar-refractivity contribution in [3.8, 4) is 11.5 Å². The monoisotopic (exact) mass is 239 g/mol. The lowest BCUT2D eigenvalue weighted by molar-refractivity contribution is 0.0183. The third-order valence-corrected chi connectivity index (χ3v) is 5.11. The standard InChI is InChI=1S/C16H17NO/c1-16(2)11-6-10-7-14(15-4-3-5-18-15)17-9-12(10)13(16)8-11/h3-5,7,9,11,13H,6,8H2,1-2H3/t11-,13-/m1/s1. The molecule has 1 fully saturated rings. The van der Waals surface area contributed by atoms with Crippen LogP contribution in [0.5, 0.6) is 0 Å². The molecule has 0 aliphatic heterocycles. The Morgan fingerprint density at radius 1 is 1.39 bits per heavy atom. The van der Waals surface area contributed by atoms with E-state index in [1.54, 1.807) is 6.26 Å². The van der Waals surface area contributed by atoms with E-state index >= 15 is 0 Å². The average molecular weight is 239 g/mol. The molecule has 3 aliphatic carbocycles. The zero-order valence-electron chi connectivity index (χ0n) is 10.8. The minimum Gasteiger partial charge on any atom is -0.463 e. The largest absolute Gasteiger partial charge is 0.463 e. The topological polar surface area (TPSA) is 26.0 Å². The molecule has 92 valence electrons. The summed E-state index contributed by atoms with van der Waals surface area (Å²) in [6.07, 6.45) is 6.34. The van der Waals surface area contributed by atoms with Crippen molar-refractivity contribution < 1.29 is 4.42 Å². The van der Waals surface area contributed by atoms with Crippen molar-refractivity contribution in [3.05, 3.63) is 41.8 Å². The lowest BCUT2D eigenvalue weighted by Gasteiger charge is -2.57. The fourth-order valence-corrected chi connectivity index (χ4v) is 3.71. The van der Waals surface area contributed by atoms with Gasteiger partial charge in [-0.3, -0.25) is 4.98 Å². The van der Waals surface area contributed by atoms with Crippen LogP contribution in [0.25, 0.3) is 11.5 Å². The highest BCUT2D eigenvalue weighted by atomic mass is 16.3. The summed E-state index contributed by atoms with van der Waals surface area (Å²) in [7, 11) is 0. The molecule has 2 heterocycles. The summed E-state index contributed by atoms with van der Waals surface area (Å²) in [5.41, 5.74) is 4.40. The van der Waals surface area contributed by atoms with Gasteiger partial charge >= 0.3 is 0 Å². The zero-order valence-corrected chi connectivity index (χ0v) is 10.8. The van der Waals surface area contributed by atoms with Crippen molar-refractivity contribution in [2.24, 2.45) is 11.3 Å². The summed E-state index contributed by atoms with van der Waals surface area (Å²) >= 11 is 0. The quantitative estimate of drug-likeness (QED) is 0.751. The minimum absolute atomic E-state index is 0.473. The second kappa shape index (κ2) is 3.25. The Labute approximate surface area is 107 Å². The lowest BCUT2D eigenvalue weighted by atomic mass is 9.48. The number of nitrogens with zero attached hydrogens (tertiary/aromatic N) is 1. The Morgan fingerprint density at radius 3 is 3.00 bits per heavy atom. The first-order valence-corrected chi connectivity index (χ1v) is 6.69. The van der Waals surface area contributed by atoms with Gasteiger partial charge in [-0.05, 0) is 59.4 Å². The Kier molecular flexibility index (Phi) is 1.87. The number of furan rings is 1. The van der Waals surface area contributed by atoms with E-state index in [2.05, 4.69) is 31.1 Å². The van der Waals surface area contributed by atoms with Crippen molar-refractivity contribution in [3.63, 3.8) is 0 Å². The van der Waals surface area contributed by atoms with E-state index in [0.717, 1.165) is 17.4 Å². The molecule has 2 aromatic heterocycles. The summed E-state index contributed by atoms with van der Waals surface area (Å²) in [6.45, 7) is 4.80. The summed E-state index contributed by atoms with van der Waals surface area (Å²) in [6, 6.07) is 6.11. The Hall–Kier alpha value is -1.57. The molecular weight excluding hydrogens is 222 g/mol.